The molecule has 1 saturated heterocycles. The Morgan fingerprint density at radius 3 is 3.00 bits per heavy atom. The van der Waals surface area contributed by atoms with E-state index in [1.165, 1.54) is 0 Å². The molecule has 0 saturated carbocycles. The molecule has 0 aromatic heterocycles. The van der Waals surface area contributed by atoms with Crippen molar-refractivity contribution in [1.29, 1.82) is 0 Å². The molecule has 0 bridgehead atoms. The molecule has 13 heavy (non-hydrogen) atoms. The van der Waals surface area contributed by atoms with Crippen LogP contribution in [0.2, 0.25) is 0 Å². The maximum Gasteiger partial charge on any atom is 0.347 e. The van der Waals surface area contributed by atoms with Crippen molar-refractivity contribution in [3.05, 3.63) is 0 Å². The Morgan fingerprint density at radius 1 is 1.85 bits per heavy atom. The van der Waals surface area contributed by atoms with Crippen molar-refractivity contribution >= 4 is 34.5 Å². The fourth-order valence-corrected chi connectivity index (χ4v) is 1.11. The SMILES string of the molecule is CCC(I)C(=O)OC1CCOC1=O. The van der Waals surface area contributed by atoms with Gasteiger partial charge in [-0.25, -0.2) is 4.79 Å². The molecule has 0 radical (unpaired) electrons. The summed E-state index contributed by atoms with van der Waals surface area (Å²) < 4.78 is 9.44. The van der Waals surface area contributed by atoms with Gasteiger partial charge in [0.05, 0.1) is 6.61 Å². The van der Waals surface area contributed by atoms with Gasteiger partial charge in [0.25, 0.3) is 0 Å². The standard InChI is InChI=1S/C8H11IO4/c1-2-5(9)7(10)13-6-3-4-12-8(6)11/h5-6H,2-4H2,1H3. The number of hydrogen-bond donors (Lipinski definition) is 0. The van der Waals surface area contributed by atoms with Gasteiger partial charge in [0.1, 0.15) is 3.92 Å². The van der Waals surface area contributed by atoms with E-state index in [1.807, 2.05) is 29.5 Å². The minimum absolute atomic E-state index is 0.175. The number of alkyl halides is 1. The first kappa shape index (κ1) is 10.7. The summed E-state index contributed by atoms with van der Waals surface area (Å²) in [5.74, 6) is -0.750. The zero-order valence-electron chi connectivity index (χ0n) is 7.29. The molecular formula is C8H11IO4. The molecule has 0 amide bonds. The minimum Gasteiger partial charge on any atom is -0.463 e. The van der Waals surface area contributed by atoms with E-state index >= 15 is 0 Å². The number of hydrogen-bond acceptors (Lipinski definition) is 4. The molecular weight excluding hydrogens is 287 g/mol. The molecule has 1 heterocycles. The highest BCUT2D eigenvalue weighted by atomic mass is 127. The molecule has 0 spiro atoms. The molecule has 0 aromatic carbocycles. The summed E-state index contributed by atoms with van der Waals surface area (Å²) >= 11 is 2.00. The molecule has 1 aliphatic rings. The molecule has 74 valence electrons. The molecule has 0 aromatic rings. The quantitative estimate of drug-likeness (QED) is 0.444. The van der Waals surface area contributed by atoms with E-state index in [9.17, 15) is 9.59 Å². The lowest BCUT2D eigenvalue weighted by molar-refractivity contribution is -0.159. The highest BCUT2D eigenvalue weighted by Crippen LogP contribution is 2.14. The Balaban J connectivity index is 2.39. The van der Waals surface area contributed by atoms with Gasteiger partial charge in [-0.3, -0.25) is 4.79 Å². The topological polar surface area (TPSA) is 52.6 Å². The number of carbonyl (C=O) groups excluding carboxylic acids is 2. The monoisotopic (exact) mass is 298 g/mol. The molecule has 4 nitrogen and oxygen atoms in total. The fourth-order valence-electron chi connectivity index (χ4n) is 0.965. The van der Waals surface area contributed by atoms with Crippen molar-refractivity contribution in [1.82, 2.24) is 0 Å². The number of carbonyl (C=O) groups is 2. The van der Waals surface area contributed by atoms with E-state index in [4.69, 9.17) is 4.74 Å². The molecule has 5 heteroatoms. The van der Waals surface area contributed by atoms with Crippen LogP contribution in [0.5, 0.6) is 0 Å². The predicted octanol–water partition coefficient (Wildman–Crippen LogP) is 1.06. The fraction of sp³-hybridized carbons (Fsp3) is 0.750. The van der Waals surface area contributed by atoms with Crippen molar-refractivity contribution in [3.63, 3.8) is 0 Å². The Morgan fingerprint density at radius 2 is 2.54 bits per heavy atom. The van der Waals surface area contributed by atoms with Crippen LogP contribution in [-0.2, 0) is 19.1 Å². The first-order valence-electron chi connectivity index (χ1n) is 4.16. The van der Waals surface area contributed by atoms with Crippen molar-refractivity contribution in [3.8, 4) is 0 Å². The lowest BCUT2D eigenvalue weighted by Gasteiger charge is -2.10. The highest BCUT2D eigenvalue weighted by Gasteiger charge is 2.31. The first-order valence-corrected chi connectivity index (χ1v) is 5.41. The number of rotatable bonds is 3. The number of esters is 2. The number of ether oxygens (including phenoxy) is 2. The molecule has 2 atom stereocenters. The van der Waals surface area contributed by atoms with Crippen LogP contribution in [0.3, 0.4) is 0 Å². The molecule has 0 aliphatic carbocycles. The molecule has 1 aliphatic heterocycles. The van der Waals surface area contributed by atoms with Gasteiger partial charge in [0, 0.05) is 6.42 Å². The van der Waals surface area contributed by atoms with Gasteiger partial charge >= 0.3 is 11.9 Å². The Hall–Kier alpha value is -0.330. The smallest absolute Gasteiger partial charge is 0.347 e. The highest BCUT2D eigenvalue weighted by molar-refractivity contribution is 14.1. The summed E-state index contributed by atoms with van der Waals surface area (Å²) in [7, 11) is 0. The van der Waals surface area contributed by atoms with Crippen molar-refractivity contribution in [2.75, 3.05) is 6.61 Å². The second kappa shape index (κ2) is 4.78. The average molecular weight is 298 g/mol. The van der Waals surface area contributed by atoms with Crippen LogP contribution in [-0.4, -0.2) is 28.6 Å². The minimum atomic E-state index is -0.670. The molecule has 0 N–H and O–H groups in total. The third kappa shape index (κ3) is 2.82. The average Bonchev–Trinajstić information content (AvgIpc) is 2.50. The lowest BCUT2D eigenvalue weighted by atomic mass is 10.3. The third-order valence-corrected chi connectivity index (χ3v) is 3.15. The number of cyclic esters (lactones) is 1. The van der Waals surface area contributed by atoms with Gasteiger partial charge in [-0.05, 0) is 6.42 Å². The normalized spacial score (nSPS) is 23.8. The third-order valence-electron chi connectivity index (χ3n) is 1.76. The van der Waals surface area contributed by atoms with E-state index in [-0.39, 0.29) is 9.89 Å². The summed E-state index contributed by atoms with van der Waals surface area (Å²) in [5.41, 5.74) is 0. The summed E-state index contributed by atoms with van der Waals surface area (Å²) in [6, 6.07) is 0. The summed E-state index contributed by atoms with van der Waals surface area (Å²) in [5, 5.41) is 0. The summed E-state index contributed by atoms with van der Waals surface area (Å²) in [6.45, 7) is 2.25. The number of halogens is 1. The van der Waals surface area contributed by atoms with E-state index in [2.05, 4.69) is 4.74 Å². The van der Waals surface area contributed by atoms with Gasteiger partial charge in [-0.2, -0.15) is 0 Å². The maximum atomic E-state index is 11.2. The predicted molar refractivity (Wildman–Crippen MR) is 53.6 cm³/mol. The van der Waals surface area contributed by atoms with Gasteiger partial charge in [-0.15, -0.1) is 0 Å². The van der Waals surface area contributed by atoms with Crippen LogP contribution < -0.4 is 0 Å². The largest absolute Gasteiger partial charge is 0.463 e. The van der Waals surface area contributed by atoms with Gasteiger partial charge < -0.3 is 9.47 Å². The van der Waals surface area contributed by atoms with E-state index < -0.39 is 12.1 Å². The van der Waals surface area contributed by atoms with Gasteiger partial charge in [0.15, 0.2) is 0 Å². The zero-order chi connectivity index (χ0) is 9.84. The van der Waals surface area contributed by atoms with Crippen LogP contribution in [0.25, 0.3) is 0 Å². The van der Waals surface area contributed by atoms with Crippen molar-refractivity contribution < 1.29 is 19.1 Å². The van der Waals surface area contributed by atoms with Crippen LogP contribution >= 0.6 is 22.6 Å². The summed E-state index contributed by atoms with van der Waals surface area (Å²) in [6.07, 6.45) is 0.523. The Kier molecular flexibility index (Phi) is 3.95. The maximum absolute atomic E-state index is 11.2. The second-order valence-electron chi connectivity index (χ2n) is 2.76. The second-order valence-corrected chi connectivity index (χ2v) is 4.26. The summed E-state index contributed by atoms with van der Waals surface area (Å²) in [4.78, 5) is 22.2. The molecule has 1 rings (SSSR count). The van der Waals surface area contributed by atoms with Crippen LogP contribution in [0.15, 0.2) is 0 Å². The Bertz CT molecular complexity index is 216. The zero-order valence-corrected chi connectivity index (χ0v) is 9.44. The van der Waals surface area contributed by atoms with E-state index in [0.29, 0.717) is 19.4 Å². The Labute approximate surface area is 90.1 Å². The van der Waals surface area contributed by atoms with Gasteiger partial charge in [-0.1, -0.05) is 29.5 Å². The van der Waals surface area contributed by atoms with Crippen LogP contribution in [0.1, 0.15) is 19.8 Å². The van der Waals surface area contributed by atoms with E-state index in [1.54, 1.807) is 0 Å². The molecule has 2 unspecified atom stereocenters. The van der Waals surface area contributed by atoms with E-state index in [0.717, 1.165) is 0 Å². The van der Waals surface area contributed by atoms with Gasteiger partial charge in [0.2, 0.25) is 6.10 Å². The van der Waals surface area contributed by atoms with Crippen LogP contribution in [0.4, 0.5) is 0 Å². The van der Waals surface area contributed by atoms with Crippen molar-refractivity contribution in [2.45, 2.75) is 29.8 Å². The molecule has 1 fully saturated rings. The lowest BCUT2D eigenvalue weighted by Crippen LogP contribution is -2.27. The first-order chi connectivity index (χ1) is 6.15. The van der Waals surface area contributed by atoms with Crippen LogP contribution in [0, 0.1) is 0 Å². The van der Waals surface area contributed by atoms with Crippen molar-refractivity contribution in [2.24, 2.45) is 0 Å².